The zero-order chi connectivity index (χ0) is 15.8. The lowest BCUT2D eigenvalue weighted by atomic mass is 9.79. The molecule has 1 aliphatic heterocycles. The van der Waals surface area contributed by atoms with Crippen molar-refractivity contribution in [3.8, 4) is 0 Å². The molecule has 7 heteroatoms. The van der Waals surface area contributed by atoms with Gasteiger partial charge >= 0.3 is 0 Å². The van der Waals surface area contributed by atoms with Crippen LogP contribution in [-0.4, -0.2) is 25.8 Å². The van der Waals surface area contributed by atoms with Crippen molar-refractivity contribution < 1.29 is 8.42 Å². The van der Waals surface area contributed by atoms with Gasteiger partial charge in [-0.3, -0.25) is 0 Å². The summed E-state index contributed by atoms with van der Waals surface area (Å²) >= 11 is 12.1. The molecule has 4 nitrogen and oxygen atoms in total. The van der Waals surface area contributed by atoms with Crippen molar-refractivity contribution in [3.05, 3.63) is 22.2 Å². The lowest BCUT2D eigenvalue weighted by Gasteiger charge is -2.38. The van der Waals surface area contributed by atoms with Gasteiger partial charge < -0.3 is 5.73 Å². The number of nitrogens with zero attached hydrogens (tertiary/aromatic N) is 1. The lowest BCUT2D eigenvalue weighted by molar-refractivity contribution is 0.169. The zero-order valence-electron chi connectivity index (χ0n) is 12.2. The Hall–Kier alpha value is -0.490. The van der Waals surface area contributed by atoms with E-state index >= 15 is 0 Å². The molecule has 118 valence electrons. The Morgan fingerprint density at radius 2 is 1.71 bits per heavy atom. The third kappa shape index (κ3) is 3.31. The highest BCUT2D eigenvalue weighted by Crippen LogP contribution is 2.39. The van der Waals surface area contributed by atoms with E-state index in [0.29, 0.717) is 18.8 Å². The molecule has 0 unspecified atom stereocenters. The molecule has 1 aromatic rings. The molecule has 0 radical (unpaired) electrons. The highest BCUT2D eigenvalue weighted by atomic mass is 35.5. The van der Waals surface area contributed by atoms with Crippen LogP contribution in [0.25, 0.3) is 0 Å². The highest BCUT2D eigenvalue weighted by molar-refractivity contribution is 7.89. The minimum atomic E-state index is -3.68. The average molecular weight is 351 g/mol. The number of sulfonamides is 1. The normalized spacial score (nSPS) is 19.6. The summed E-state index contributed by atoms with van der Waals surface area (Å²) in [5.41, 5.74) is 6.18. The molecule has 0 amide bonds. The van der Waals surface area contributed by atoms with Crippen molar-refractivity contribution >= 4 is 38.9 Å². The standard InChI is InChI=1S/C14H20Cl2N2O2S/c1-3-14(2)4-6-18(7-5-14)21(19,20)13-11(15)8-10(17)9-12(13)16/h8-9H,3-7,17H2,1-2H3. The fourth-order valence-corrected chi connectivity index (χ4v) is 5.20. The van der Waals surface area contributed by atoms with E-state index in [4.69, 9.17) is 28.9 Å². The molecule has 1 heterocycles. The third-order valence-corrected chi connectivity index (χ3v) is 7.22. The van der Waals surface area contributed by atoms with Gasteiger partial charge in [0.25, 0.3) is 0 Å². The molecule has 0 spiro atoms. The molecule has 0 aromatic heterocycles. The van der Waals surface area contributed by atoms with E-state index in [1.165, 1.54) is 16.4 Å². The van der Waals surface area contributed by atoms with Crippen LogP contribution in [0.1, 0.15) is 33.1 Å². The molecule has 21 heavy (non-hydrogen) atoms. The summed E-state index contributed by atoms with van der Waals surface area (Å²) < 4.78 is 27.0. The highest BCUT2D eigenvalue weighted by Gasteiger charge is 2.36. The second-order valence-corrected chi connectivity index (χ2v) is 8.57. The summed E-state index contributed by atoms with van der Waals surface area (Å²) in [6, 6.07) is 2.83. The molecule has 1 aromatic carbocycles. The number of piperidine rings is 1. The first kappa shape index (κ1) is 16.9. The number of anilines is 1. The monoisotopic (exact) mass is 350 g/mol. The first-order valence-corrected chi connectivity index (χ1v) is 9.14. The van der Waals surface area contributed by atoms with E-state index < -0.39 is 10.0 Å². The lowest BCUT2D eigenvalue weighted by Crippen LogP contribution is -2.42. The van der Waals surface area contributed by atoms with Gasteiger partial charge in [0, 0.05) is 18.8 Å². The van der Waals surface area contributed by atoms with Crippen molar-refractivity contribution in [3.63, 3.8) is 0 Å². The molecule has 1 saturated heterocycles. The van der Waals surface area contributed by atoms with Gasteiger partial charge in [0.2, 0.25) is 10.0 Å². The van der Waals surface area contributed by atoms with E-state index in [1.54, 1.807) is 0 Å². The van der Waals surface area contributed by atoms with Gasteiger partial charge in [-0.25, -0.2) is 8.42 Å². The quantitative estimate of drug-likeness (QED) is 0.843. The Morgan fingerprint density at radius 3 is 2.14 bits per heavy atom. The Kier molecular flexibility index (Phi) is 4.78. The third-order valence-electron chi connectivity index (χ3n) is 4.40. The van der Waals surface area contributed by atoms with Crippen LogP contribution in [0.5, 0.6) is 0 Å². The van der Waals surface area contributed by atoms with E-state index in [2.05, 4.69) is 13.8 Å². The topological polar surface area (TPSA) is 63.4 Å². The summed E-state index contributed by atoms with van der Waals surface area (Å²) in [7, 11) is -3.68. The molecular formula is C14H20Cl2N2O2S. The van der Waals surface area contributed by atoms with Crippen LogP contribution in [0, 0.1) is 5.41 Å². The minimum Gasteiger partial charge on any atom is -0.399 e. The molecule has 0 saturated carbocycles. The minimum absolute atomic E-state index is 0.0415. The summed E-state index contributed by atoms with van der Waals surface area (Å²) in [6.07, 6.45) is 2.73. The van der Waals surface area contributed by atoms with Crippen LogP contribution >= 0.6 is 23.2 Å². The van der Waals surface area contributed by atoms with Crippen LogP contribution in [-0.2, 0) is 10.0 Å². The van der Waals surface area contributed by atoms with Gasteiger partial charge in [0.15, 0.2) is 0 Å². The Morgan fingerprint density at radius 1 is 1.24 bits per heavy atom. The van der Waals surface area contributed by atoms with Gasteiger partial charge in [0.1, 0.15) is 4.90 Å². The maximum atomic E-state index is 12.8. The molecular weight excluding hydrogens is 331 g/mol. The van der Waals surface area contributed by atoms with E-state index in [0.717, 1.165) is 19.3 Å². The van der Waals surface area contributed by atoms with Crippen LogP contribution in [0.15, 0.2) is 17.0 Å². The van der Waals surface area contributed by atoms with Gasteiger partial charge in [-0.1, -0.05) is 43.5 Å². The first-order chi connectivity index (χ1) is 9.69. The number of halogens is 2. The Labute approximate surface area is 136 Å². The molecule has 2 rings (SSSR count). The predicted molar refractivity (Wildman–Crippen MR) is 87.3 cm³/mol. The summed E-state index contributed by atoms with van der Waals surface area (Å²) in [5, 5.41) is 0.146. The molecule has 2 N–H and O–H groups in total. The van der Waals surface area contributed by atoms with E-state index in [-0.39, 0.29) is 20.4 Å². The fraction of sp³-hybridized carbons (Fsp3) is 0.571. The number of nitrogens with two attached hydrogens (primary N) is 1. The van der Waals surface area contributed by atoms with Gasteiger partial charge in [-0.2, -0.15) is 4.31 Å². The van der Waals surface area contributed by atoms with Crippen LogP contribution in [0.2, 0.25) is 10.0 Å². The molecule has 0 atom stereocenters. The molecule has 1 aliphatic rings. The maximum Gasteiger partial charge on any atom is 0.246 e. The summed E-state index contributed by atoms with van der Waals surface area (Å²) in [6.45, 7) is 5.31. The number of hydrogen-bond donors (Lipinski definition) is 1. The maximum absolute atomic E-state index is 12.8. The molecule has 0 bridgehead atoms. The number of hydrogen-bond acceptors (Lipinski definition) is 3. The van der Waals surface area contributed by atoms with E-state index in [1.807, 2.05) is 0 Å². The largest absolute Gasteiger partial charge is 0.399 e. The van der Waals surface area contributed by atoms with Crippen LogP contribution in [0.4, 0.5) is 5.69 Å². The fourth-order valence-electron chi connectivity index (χ4n) is 2.57. The zero-order valence-corrected chi connectivity index (χ0v) is 14.5. The van der Waals surface area contributed by atoms with Crippen molar-refractivity contribution in [2.24, 2.45) is 5.41 Å². The van der Waals surface area contributed by atoms with Gasteiger partial charge in [0.05, 0.1) is 10.0 Å². The SMILES string of the molecule is CCC1(C)CCN(S(=O)(=O)c2c(Cl)cc(N)cc2Cl)CC1. The average Bonchev–Trinajstić information content (AvgIpc) is 2.37. The van der Waals surface area contributed by atoms with E-state index in [9.17, 15) is 8.42 Å². The van der Waals surface area contributed by atoms with Gasteiger partial charge in [-0.15, -0.1) is 0 Å². The Bertz CT molecular complexity index is 615. The van der Waals surface area contributed by atoms with Gasteiger partial charge in [-0.05, 0) is 30.4 Å². The summed E-state index contributed by atoms with van der Waals surface area (Å²) in [5.74, 6) is 0. The number of nitrogen functional groups attached to an aromatic ring is 1. The second kappa shape index (κ2) is 5.95. The van der Waals surface area contributed by atoms with Crippen molar-refractivity contribution in [2.45, 2.75) is 38.0 Å². The second-order valence-electron chi connectivity index (χ2n) is 5.88. The number of benzene rings is 1. The first-order valence-electron chi connectivity index (χ1n) is 6.94. The molecule has 1 fully saturated rings. The van der Waals surface area contributed by atoms with Crippen LogP contribution < -0.4 is 5.73 Å². The predicted octanol–water partition coefficient (Wildman–Crippen LogP) is 3.78. The molecule has 0 aliphatic carbocycles. The number of rotatable bonds is 3. The summed E-state index contributed by atoms with van der Waals surface area (Å²) in [4.78, 5) is -0.0415. The van der Waals surface area contributed by atoms with Crippen LogP contribution in [0.3, 0.4) is 0 Å². The van der Waals surface area contributed by atoms with Crippen molar-refractivity contribution in [1.82, 2.24) is 4.31 Å². The smallest absolute Gasteiger partial charge is 0.246 e. The Balaban J connectivity index is 2.33. The van der Waals surface area contributed by atoms with Crippen molar-refractivity contribution in [1.29, 1.82) is 0 Å². The van der Waals surface area contributed by atoms with Crippen molar-refractivity contribution in [2.75, 3.05) is 18.8 Å².